The number of thiazole rings is 1. The number of carbonyl (C=O) groups excluding carboxylic acids is 3. The fourth-order valence-electron chi connectivity index (χ4n) is 3.01. The molecule has 34 heavy (non-hydrogen) atoms. The van der Waals surface area contributed by atoms with Gasteiger partial charge in [0.05, 0.1) is 11.1 Å². The molecule has 0 fully saturated rings. The number of amides is 1. The number of rotatable bonds is 7. The third kappa shape index (κ3) is 5.29. The lowest BCUT2D eigenvalue weighted by Gasteiger charge is -2.12. The summed E-state index contributed by atoms with van der Waals surface area (Å²) in [6, 6.07) is 9.56. The highest BCUT2D eigenvalue weighted by molar-refractivity contribution is 7.20. The Balaban J connectivity index is 1.39. The van der Waals surface area contributed by atoms with Crippen LogP contribution in [0.1, 0.15) is 37.7 Å². The van der Waals surface area contributed by atoms with Crippen LogP contribution in [-0.2, 0) is 22.3 Å². The first-order valence-corrected chi connectivity index (χ1v) is 11.4. The topological polar surface area (TPSA) is 98.2 Å². The molecule has 3 aromatic heterocycles. The maximum absolute atomic E-state index is 13.1. The van der Waals surface area contributed by atoms with Crippen molar-refractivity contribution in [3.8, 4) is 0 Å². The summed E-state index contributed by atoms with van der Waals surface area (Å²) in [5.74, 6) is -2.16. The zero-order valence-electron chi connectivity index (χ0n) is 17.1. The van der Waals surface area contributed by atoms with Gasteiger partial charge in [0, 0.05) is 11.8 Å². The van der Waals surface area contributed by atoms with Gasteiger partial charge in [0.1, 0.15) is 28.4 Å². The van der Waals surface area contributed by atoms with Crippen LogP contribution >= 0.6 is 22.7 Å². The van der Waals surface area contributed by atoms with Crippen LogP contribution in [0, 0.1) is 0 Å². The molecule has 3 heterocycles. The quantitative estimate of drug-likeness (QED) is 0.207. The second-order valence-corrected chi connectivity index (χ2v) is 8.77. The van der Waals surface area contributed by atoms with Crippen molar-refractivity contribution in [1.82, 2.24) is 9.97 Å². The van der Waals surface area contributed by atoms with Crippen molar-refractivity contribution < 1.29 is 32.3 Å². The van der Waals surface area contributed by atoms with Crippen LogP contribution in [0.4, 0.5) is 18.2 Å². The van der Waals surface area contributed by atoms with E-state index in [0.717, 1.165) is 28.7 Å². The highest BCUT2D eigenvalue weighted by Gasteiger charge is 2.33. The number of pyridine rings is 1. The van der Waals surface area contributed by atoms with E-state index in [2.05, 4.69) is 15.3 Å². The summed E-state index contributed by atoms with van der Waals surface area (Å²) in [5, 5.41) is 4.54. The van der Waals surface area contributed by atoms with Gasteiger partial charge >= 0.3 is 12.1 Å². The minimum atomic E-state index is -4.60. The average Bonchev–Trinajstić information content (AvgIpc) is 3.44. The van der Waals surface area contributed by atoms with Crippen molar-refractivity contribution in [2.75, 3.05) is 5.32 Å². The molecule has 174 valence electrons. The molecule has 0 radical (unpaired) electrons. The largest absolute Gasteiger partial charge is 0.460 e. The van der Waals surface area contributed by atoms with E-state index in [1.807, 2.05) is 0 Å². The normalized spacial score (nSPS) is 11.4. The van der Waals surface area contributed by atoms with Gasteiger partial charge in [-0.05, 0) is 29.6 Å². The SMILES string of the molecule is O=C(CC(=O)c1ccsc1NC(=O)c1nc2cccnc2s1)OCc1ccccc1C(F)(F)F. The standard InChI is InChI=1S/C22H14F3N3O4S2/c23-22(24,25)14-5-2-1-4-12(14)11-32-17(30)10-16(29)13-7-9-33-19(13)28-18(31)21-27-15-6-3-8-26-20(15)34-21/h1-9H,10-11H2,(H,28,31). The Labute approximate surface area is 198 Å². The molecule has 1 amide bonds. The van der Waals surface area contributed by atoms with Crippen LogP contribution < -0.4 is 5.32 Å². The molecule has 0 unspecified atom stereocenters. The van der Waals surface area contributed by atoms with Gasteiger partial charge < -0.3 is 10.1 Å². The molecule has 0 aliphatic carbocycles. The third-order valence-corrected chi connectivity index (χ3v) is 6.38. The first-order valence-electron chi connectivity index (χ1n) is 9.66. The van der Waals surface area contributed by atoms with Crippen molar-refractivity contribution in [2.24, 2.45) is 0 Å². The Bertz CT molecular complexity index is 1350. The monoisotopic (exact) mass is 505 g/mol. The average molecular weight is 505 g/mol. The maximum Gasteiger partial charge on any atom is 0.416 e. The summed E-state index contributed by atoms with van der Waals surface area (Å²) >= 11 is 2.17. The second kappa shape index (κ2) is 9.69. The van der Waals surface area contributed by atoms with Crippen LogP contribution in [0.5, 0.6) is 0 Å². The molecule has 4 rings (SSSR count). The number of carbonyl (C=O) groups is 3. The van der Waals surface area contributed by atoms with E-state index >= 15 is 0 Å². The van der Waals surface area contributed by atoms with Gasteiger partial charge in [0.2, 0.25) is 0 Å². The number of thiophene rings is 1. The van der Waals surface area contributed by atoms with Crippen LogP contribution in [0.25, 0.3) is 10.3 Å². The number of halogens is 3. The number of alkyl halides is 3. The van der Waals surface area contributed by atoms with E-state index < -0.39 is 42.4 Å². The minimum Gasteiger partial charge on any atom is -0.460 e. The van der Waals surface area contributed by atoms with E-state index in [1.165, 1.54) is 24.3 Å². The zero-order valence-corrected chi connectivity index (χ0v) is 18.7. The Morgan fingerprint density at radius 1 is 1.06 bits per heavy atom. The number of aromatic nitrogens is 2. The molecule has 0 atom stereocenters. The summed E-state index contributed by atoms with van der Waals surface area (Å²) < 4.78 is 44.1. The Morgan fingerprint density at radius 2 is 1.85 bits per heavy atom. The van der Waals surface area contributed by atoms with Gasteiger partial charge in [-0.2, -0.15) is 13.2 Å². The van der Waals surface area contributed by atoms with Crippen molar-refractivity contribution in [3.63, 3.8) is 0 Å². The van der Waals surface area contributed by atoms with Crippen LogP contribution in [0.3, 0.4) is 0 Å². The van der Waals surface area contributed by atoms with E-state index in [9.17, 15) is 27.6 Å². The first-order chi connectivity index (χ1) is 16.2. The number of nitrogens with one attached hydrogen (secondary N) is 1. The Morgan fingerprint density at radius 3 is 2.62 bits per heavy atom. The summed E-state index contributed by atoms with van der Waals surface area (Å²) in [5.41, 5.74) is -0.480. The number of nitrogens with zero attached hydrogens (tertiary/aromatic N) is 2. The Hall–Kier alpha value is -3.64. The summed E-state index contributed by atoms with van der Waals surface area (Å²) in [7, 11) is 0. The zero-order chi connectivity index (χ0) is 24.3. The molecule has 0 saturated heterocycles. The van der Waals surface area contributed by atoms with Crippen molar-refractivity contribution >= 4 is 55.7 Å². The molecule has 1 N–H and O–H groups in total. The smallest absolute Gasteiger partial charge is 0.416 e. The number of ether oxygens (including phenoxy) is 1. The summed E-state index contributed by atoms with van der Waals surface area (Å²) in [6.07, 6.45) is -3.71. The lowest BCUT2D eigenvalue weighted by atomic mass is 10.1. The minimum absolute atomic E-state index is 0.0882. The molecule has 0 aliphatic rings. The van der Waals surface area contributed by atoms with Gasteiger partial charge in [-0.15, -0.1) is 11.3 Å². The van der Waals surface area contributed by atoms with E-state index in [4.69, 9.17) is 4.74 Å². The molecule has 0 bridgehead atoms. The predicted molar refractivity (Wildman–Crippen MR) is 120 cm³/mol. The highest BCUT2D eigenvalue weighted by atomic mass is 32.1. The number of fused-ring (bicyclic) bond motifs is 1. The number of Topliss-reactive ketones (excluding diaryl/α,β-unsaturated/α-hetero) is 1. The van der Waals surface area contributed by atoms with Gasteiger partial charge in [-0.3, -0.25) is 14.4 Å². The van der Waals surface area contributed by atoms with Crippen LogP contribution in [0.2, 0.25) is 0 Å². The summed E-state index contributed by atoms with van der Waals surface area (Å²) in [6.45, 7) is -0.624. The first kappa shape index (κ1) is 23.5. The number of benzene rings is 1. The number of hydrogen-bond donors (Lipinski definition) is 1. The van der Waals surface area contributed by atoms with Crippen molar-refractivity contribution in [1.29, 1.82) is 0 Å². The number of hydrogen-bond acceptors (Lipinski definition) is 8. The van der Waals surface area contributed by atoms with Crippen LogP contribution in [-0.4, -0.2) is 27.6 Å². The highest BCUT2D eigenvalue weighted by Crippen LogP contribution is 2.32. The van der Waals surface area contributed by atoms with Gasteiger partial charge in [0.25, 0.3) is 5.91 Å². The lowest BCUT2D eigenvalue weighted by Crippen LogP contribution is -2.16. The molecule has 1 aromatic carbocycles. The van der Waals surface area contributed by atoms with Crippen molar-refractivity contribution in [3.05, 3.63) is 75.7 Å². The molecule has 0 spiro atoms. The van der Waals surface area contributed by atoms with Crippen molar-refractivity contribution in [2.45, 2.75) is 19.2 Å². The molecular formula is C22H14F3N3O4S2. The van der Waals surface area contributed by atoms with E-state index in [1.54, 1.807) is 23.7 Å². The molecule has 4 aromatic rings. The lowest BCUT2D eigenvalue weighted by molar-refractivity contribution is -0.147. The molecular weight excluding hydrogens is 491 g/mol. The fraction of sp³-hybridized carbons (Fsp3) is 0.136. The van der Waals surface area contributed by atoms with E-state index in [-0.39, 0.29) is 21.1 Å². The Kier molecular flexibility index (Phi) is 6.70. The number of anilines is 1. The van der Waals surface area contributed by atoms with E-state index in [0.29, 0.717) is 10.3 Å². The van der Waals surface area contributed by atoms with Crippen LogP contribution in [0.15, 0.2) is 54.0 Å². The molecule has 0 aliphatic heterocycles. The fourth-order valence-corrected chi connectivity index (χ4v) is 4.61. The van der Waals surface area contributed by atoms with Gasteiger partial charge in [0.15, 0.2) is 10.8 Å². The number of esters is 1. The third-order valence-electron chi connectivity index (χ3n) is 4.57. The summed E-state index contributed by atoms with van der Waals surface area (Å²) in [4.78, 5) is 46.2. The molecule has 0 saturated carbocycles. The predicted octanol–water partition coefficient (Wildman–Crippen LogP) is 5.34. The number of ketones is 1. The molecule has 7 nitrogen and oxygen atoms in total. The second-order valence-electron chi connectivity index (χ2n) is 6.88. The van der Waals surface area contributed by atoms with Gasteiger partial charge in [-0.1, -0.05) is 29.5 Å². The van der Waals surface area contributed by atoms with Gasteiger partial charge in [-0.25, -0.2) is 9.97 Å². The maximum atomic E-state index is 13.1. The molecule has 12 heteroatoms.